The van der Waals surface area contributed by atoms with E-state index in [1.54, 1.807) is 6.07 Å². The summed E-state index contributed by atoms with van der Waals surface area (Å²) in [5.74, 6) is 0.440. The Kier molecular flexibility index (Phi) is 3.38. The number of halogens is 2. The summed E-state index contributed by atoms with van der Waals surface area (Å²) in [6, 6.07) is 7.60. The second-order valence-electron chi connectivity index (χ2n) is 4.01. The van der Waals surface area contributed by atoms with Crippen molar-refractivity contribution in [2.24, 2.45) is 0 Å². The third-order valence-electron chi connectivity index (χ3n) is 3.01. The standard InChI is InChI=1S/C13H11BrClN3/c1-7-8(2)18(13(17)10(7)6-16)12-5-9(15)3-4-11(12)14/h3-5H,17H2,1-2H3. The van der Waals surface area contributed by atoms with Crippen molar-refractivity contribution in [2.75, 3.05) is 5.73 Å². The molecule has 18 heavy (non-hydrogen) atoms. The second-order valence-corrected chi connectivity index (χ2v) is 5.30. The third kappa shape index (κ3) is 1.90. The van der Waals surface area contributed by atoms with Crippen molar-refractivity contribution in [3.8, 4) is 11.8 Å². The fourth-order valence-electron chi connectivity index (χ4n) is 1.94. The van der Waals surface area contributed by atoms with Crippen LogP contribution in [0.5, 0.6) is 0 Å². The smallest absolute Gasteiger partial charge is 0.126 e. The van der Waals surface area contributed by atoms with Gasteiger partial charge in [-0.3, -0.25) is 4.57 Å². The third-order valence-corrected chi connectivity index (χ3v) is 3.92. The van der Waals surface area contributed by atoms with E-state index in [-0.39, 0.29) is 0 Å². The van der Waals surface area contributed by atoms with Crippen LogP contribution in [-0.4, -0.2) is 4.57 Å². The first kappa shape index (κ1) is 13.0. The Morgan fingerprint density at radius 1 is 1.39 bits per heavy atom. The van der Waals surface area contributed by atoms with Crippen LogP contribution >= 0.6 is 27.5 Å². The molecule has 0 radical (unpaired) electrons. The van der Waals surface area contributed by atoms with Gasteiger partial charge >= 0.3 is 0 Å². The average molecular weight is 325 g/mol. The highest BCUT2D eigenvalue weighted by Gasteiger charge is 2.17. The van der Waals surface area contributed by atoms with E-state index in [2.05, 4.69) is 22.0 Å². The van der Waals surface area contributed by atoms with Crippen LogP contribution in [0.2, 0.25) is 5.02 Å². The number of hydrogen-bond donors (Lipinski definition) is 1. The predicted molar refractivity (Wildman–Crippen MR) is 77.1 cm³/mol. The van der Waals surface area contributed by atoms with Crippen LogP contribution < -0.4 is 5.73 Å². The Morgan fingerprint density at radius 3 is 2.61 bits per heavy atom. The zero-order valence-electron chi connectivity index (χ0n) is 9.96. The van der Waals surface area contributed by atoms with Gasteiger partial charge in [-0.05, 0) is 53.5 Å². The number of nitrogen functional groups attached to an aromatic ring is 1. The van der Waals surface area contributed by atoms with Gasteiger partial charge < -0.3 is 5.73 Å². The van der Waals surface area contributed by atoms with Gasteiger partial charge in [0, 0.05) is 15.2 Å². The van der Waals surface area contributed by atoms with Crippen molar-refractivity contribution in [1.82, 2.24) is 4.57 Å². The minimum Gasteiger partial charge on any atom is -0.384 e. The fourth-order valence-corrected chi connectivity index (χ4v) is 2.53. The van der Waals surface area contributed by atoms with Crippen molar-refractivity contribution in [3.63, 3.8) is 0 Å². The van der Waals surface area contributed by atoms with Gasteiger partial charge in [0.2, 0.25) is 0 Å². The summed E-state index contributed by atoms with van der Waals surface area (Å²) in [5, 5.41) is 9.75. The van der Waals surface area contributed by atoms with Crippen molar-refractivity contribution in [1.29, 1.82) is 5.26 Å². The zero-order chi connectivity index (χ0) is 13.4. The van der Waals surface area contributed by atoms with Crippen LogP contribution in [0.15, 0.2) is 22.7 Å². The van der Waals surface area contributed by atoms with Crippen molar-refractivity contribution in [2.45, 2.75) is 13.8 Å². The molecule has 2 N–H and O–H groups in total. The quantitative estimate of drug-likeness (QED) is 0.863. The topological polar surface area (TPSA) is 54.7 Å². The van der Waals surface area contributed by atoms with Gasteiger partial charge in [0.05, 0.1) is 11.3 Å². The molecule has 0 spiro atoms. The van der Waals surface area contributed by atoms with E-state index in [0.29, 0.717) is 16.4 Å². The summed E-state index contributed by atoms with van der Waals surface area (Å²) in [5.41, 5.74) is 9.22. The van der Waals surface area contributed by atoms with Crippen molar-refractivity contribution in [3.05, 3.63) is 44.5 Å². The SMILES string of the molecule is Cc1c(C#N)c(N)n(-c2cc(Cl)ccc2Br)c1C. The highest BCUT2D eigenvalue weighted by molar-refractivity contribution is 9.10. The molecular formula is C13H11BrClN3. The fraction of sp³-hybridized carbons (Fsp3) is 0.154. The predicted octanol–water partition coefficient (Wildman–Crippen LogP) is 3.96. The molecule has 0 saturated heterocycles. The van der Waals surface area contributed by atoms with Gasteiger partial charge in [-0.2, -0.15) is 5.26 Å². The maximum atomic E-state index is 9.13. The van der Waals surface area contributed by atoms with E-state index in [0.717, 1.165) is 21.4 Å². The molecule has 2 rings (SSSR count). The number of hydrogen-bond acceptors (Lipinski definition) is 2. The van der Waals surface area contributed by atoms with Crippen molar-refractivity contribution >= 4 is 33.3 Å². The first-order chi connectivity index (χ1) is 8.47. The molecule has 0 atom stereocenters. The second kappa shape index (κ2) is 4.68. The lowest BCUT2D eigenvalue weighted by Crippen LogP contribution is -2.03. The molecule has 0 amide bonds. The lowest BCUT2D eigenvalue weighted by molar-refractivity contribution is 1.01. The van der Waals surface area contributed by atoms with E-state index in [4.69, 9.17) is 22.6 Å². The molecule has 3 nitrogen and oxygen atoms in total. The zero-order valence-corrected chi connectivity index (χ0v) is 12.3. The average Bonchev–Trinajstić information content (AvgIpc) is 2.54. The van der Waals surface area contributed by atoms with E-state index in [9.17, 15) is 0 Å². The molecule has 1 heterocycles. The van der Waals surface area contributed by atoms with E-state index < -0.39 is 0 Å². The Balaban J connectivity index is 2.80. The number of nitriles is 1. The molecule has 0 aliphatic rings. The summed E-state index contributed by atoms with van der Waals surface area (Å²) in [6.07, 6.45) is 0. The number of anilines is 1. The summed E-state index contributed by atoms with van der Waals surface area (Å²) < 4.78 is 2.71. The molecule has 1 aromatic carbocycles. The number of nitrogens with zero attached hydrogens (tertiary/aromatic N) is 2. The molecule has 5 heteroatoms. The van der Waals surface area contributed by atoms with E-state index in [1.165, 1.54) is 0 Å². The van der Waals surface area contributed by atoms with Gasteiger partial charge in [0.25, 0.3) is 0 Å². The van der Waals surface area contributed by atoms with Gasteiger partial charge in [-0.25, -0.2) is 0 Å². The maximum Gasteiger partial charge on any atom is 0.126 e. The van der Waals surface area contributed by atoms with E-state index in [1.807, 2.05) is 30.5 Å². The van der Waals surface area contributed by atoms with Crippen LogP contribution in [0.4, 0.5) is 5.82 Å². The van der Waals surface area contributed by atoms with Crippen LogP contribution in [0.3, 0.4) is 0 Å². The molecule has 0 saturated carbocycles. The lowest BCUT2D eigenvalue weighted by atomic mass is 10.2. The van der Waals surface area contributed by atoms with Crippen LogP contribution in [0.1, 0.15) is 16.8 Å². The molecule has 92 valence electrons. The maximum absolute atomic E-state index is 9.13. The summed E-state index contributed by atoms with van der Waals surface area (Å²) >= 11 is 9.49. The van der Waals surface area contributed by atoms with Crippen LogP contribution in [0.25, 0.3) is 5.69 Å². The Bertz CT molecular complexity index is 668. The molecular weight excluding hydrogens is 314 g/mol. The summed E-state index contributed by atoms with van der Waals surface area (Å²) in [7, 11) is 0. The Hall–Kier alpha value is -1.44. The molecule has 0 unspecified atom stereocenters. The summed E-state index contributed by atoms with van der Waals surface area (Å²) in [6.45, 7) is 3.82. The van der Waals surface area contributed by atoms with E-state index >= 15 is 0 Å². The van der Waals surface area contributed by atoms with Gasteiger partial charge in [-0.1, -0.05) is 11.6 Å². The molecule has 0 bridgehead atoms. The first-order valence-electron chi connectivity index (χ1n) is 5.30. The minimum absolute atomic E-state index is 0.440. The van der Waals surface area contributed by atoms with Gasteiger partial charge in [0.1, 0.15) is 11.9 Å². The Labute approximate surface area is 119 Å². The highest BCUT2D eigenvalue weighted by Crippen LogP contribution is 2.32. The number of aromatic nitrogens is 1. The van der Waals surface area contributed by atoms with Gasteiger partial charge in [-0.15, -0.1) is 0 Å². The first-order valence-corrected chi connectivity index (χ1v) is 6.47. The number of rotatable bonds is 1. The summed E-state index contributed by atoms with van der Waals surface area (Å²) in [4.78, 5) is 0. The molecule has 0 aliphatic carbocycles. The van der Waals surface area contributed by atoms with Gasteiger partial charge in [0.15, 0.2) is 0 Å². The normalized spacial score (nSPS) is 10.4. The molecule has 1 aromatic heterocycles. The van der Waals surface area contributed by atoms with Crippen LogP contribution in [0, 0.1) is 25.2 Å². The van der Waals surface area contributed by atoms with Crippen molar-refractivity contribution < 1.29 is 0 Å². The largest absolute Gasteiger partial charge is 0.384 e. The lowest BCUT2D eigenvalue weighted by Gasteiger charge is -2.11. The molecule has 2 aromatic rings. The van der Waals surface area contributed by atoms with Crippen LogP contribution in [-0.2, 0) is 0 Å². The Morgan fingerprint density at radius 2 is 2.06 bits per heavy atom. The minimum atomic E-state index is 0.440. The highest BCUT2D eigenvalue weighted by atomic mass is 79.9. The number of benzene rings is 1. The molecule has 0 aliphatic heterocycles. The number of nitrogens with two attached hydrogens (primary N) is 1. The molecule has 0 fully saturated rings. The monoisotopic (exact) mass is 323 g/mol.